The van der Waals surface area contributed by atoms with Crippen molar-refractivity contribution in [2.24, 2.45) is 0 Å². The number of aromatic nitrogens is 2. The number of nitrogen functional groups attached to an aromatic ring is 1. The topological polar surface area (TPSA) is 43.8 Å². The monoisotopic (exact) mass is 281 g/mol. The molecule has 106 valence electrons. The Kier molecular flexibility index (Phi) is 3.22. The number of hydrogen-bond acceptors (Lipinski definition) is 2. The van der Waals surface area contributed by atoms with Crippen LogP contribution in [-0.2, 0) is 0 Å². The van der Waals surface area contributed by atoms with Crippen LogP contribution in [0.25, 0.3) is 16.9 Å². The highest BCUT2D eigenvalue weighted by molar-refractivity contribution is 5.69. The van der Waals surface area contributed by atoms with E-state index in [0.29, 0.717) is 17.1 Å². The van der Waals surface area contributed by atoms with Crippen LogP contribution in [0.3, 0.4) is 0 Å². The van der Waals surface area contributed by atoms with Crippen molar-refractivity contribution in [3.05, 3.63) is 65.5 Å². The van der Waals surface area contributed by atoms with Gasteiger partial charge in [0.25, 0.3) is 0 Å². The molecule has 3 nitrogen and oxygen atoms in total. The maximum absolute atomic E-state index is 13.8. The summed E-state index contributed by atoms with van der Waals surface area (Å²) in [7, 11) is 0. The van der Waals surface area contributed by atoms with E-state index in [1.54, 1.807) is 17.7 Å². The smallest absolute Gasteiger partial charge is 0.130 e. The van der Waals surface area contributed by atoms with Gasteiger partial charge in [-0.25, -0.2) is 9.07 Å². The predicted octanol–water partition coefficient (Wildman–Crippen LogP) is 3.88. The second-order valence-electron chi connectivity index (χ2n) is 5.07. The largest absolute Gasteiger partial charge is 0.383 e. The molecule has 0 aliphatic rings. The summed E-state index contributed by atoms with van der Waals surface area (Å²) >= 11 is 0. The molecule has 2 N–H and O–H groups in total. The Labute approximate surface area is 122 Å². The first-order valence-corrected chi connectivity index (χ1v) is 6.75. The summed E-state index contributed by atoms with van der Waals surface area (Å²) in [5, 5.41) is 4.55. The highest BCUT2D eigenvalue weighted by atomic mass is 19.1. The molecule has 0 unspecified atom stereocenters. The molecule has 0 amide bonds. The van der Waals surface area contributed by atoms with Crippen molar-refractivity contribution in [2.75, 3.05) is 5.73 Å². The summed E-state index contributed by atoms with van der Waals surface area (Å²) in [6, 6.07) is 14.8. The summed E-state index contributed by atoms with van der Waals surface area (Å²) in [5.41, 5.74) is 9.94. The van der Waals surface area contributed by atoms with E-state index in [1.165, 1.54) is 6.07 Å². The first kappa shape index (κ1) is 13.4. The molecule has 1 heterocycles. The Morgan fingerprint density at radius 1 is 1.05 bits per heavy atom. The van der Waals surface area contributed by atoms with Gasteiger partial charge in [0.2, 0.25) is 0 Å². The lowest BCUT2D eigenvalue weighted by Gasteiger charge is -2.03. The van der Waals surface area contributed by atoms with Gasteiger partial charge in [0.05, 0.1) is 11.4 Å². The van der Waals surface area contributed by atoms with E-state index in [0.717, 1.165) is 16.8 Å². The number of nitrogens with zero attached hydrogens (tertiary/aromatic N) is 2. The lowest BCUT2D eigenvalue weighted by molar-refractivity contribution is 0.619. The maximum atomic E-state index is 13.8. The van der Waals surface area contributed by atoms with Crippen LogP contribution >= 0.6 is 0 Å². The quantitative estimate of drug-likeness (QED) is 0.774. The van der Waals surface area contributed by atoms with Crippen molar-refractivity contribution in [1.29, 1.82) is 0 Å². The highest BCUT2D eigenvalue weighted by Crippen LogP contribution is 2.29. The Hall–Kier alpha value is -2.62. The zero-order chi connectivity index (χ0) is 15.0. The van der Waals surface area contributed by atoms with Gasteiger partial charge in [0.1, 0.15) is 11.6 Å². The molecule has 0 saturated heterocycles. The maximum Gasteiger partial charge on any atom is 0.130 e. The third kappa shape index (κ3) is 2.29. The summed E-state index contributed by atoms with van der Waals surface area (Å²) in [6.45, 7) is 3.64. The summed E-state index contributed by atoms with van der Waals surface area (Å²) in [5.74, 6) is 0.330. The van der Waals surface area contributed by atoms with E-state index in [-0.39, 0.29) is 5.82 Å². The number of hydrogen-bond donors (Lipinski definition) is 1. The molecule has 0 fully saturated rings. The Morgan fingerprint density at radius 3 is 2.43 bits per heavy atom. The predicted molar refractivity (Wildman–Crippen MR) is 82.8 cm³/mol. The Balaban J connectivity index is 2.15. The van der Waals surface area contributed by atoms with E-state index < -0.39 is 0 Å². The molecule has 0 spiro atoms. The van der Waals surface area contributed by atoms with Crippen LogP contribution in [0.4, 0.5) is 10.2 Å². The number of nitrogens with two attached hydrogens (primary N) is 1. The van der Waals surface area contributed by atoms with E-state index >= 15 is 0 Å². The van der Waals surface area contributed by atoms with Crippen LogP contribution in [0.15, 0.2) is 48.5 Å². The van der Waals surface area contributed by atoms with Gasteiger partial charge >= 0.3 is 0 Å². The average Bonchev–Trinajstić information content (AvgIpc) is 2.79. The van der Waals surface area contributed by atoms with Gasteiger partial charge in [-0.3, -0.25) is 0 Å². The normalized spacial score (nSPS) is 10.8. The molecular weight excluding hydrogens is 265 g/mol. The Morgan fingerprint density at radius 2 is 1.76 bits per heavy atom. The number of anilines is 1. The molecule has 0 radical (unpaired) electrons. The standard InChI is InChI=1S/C17H16FN3/c1-11-8-9-13(10-15(11)18)16-12(2)17(19)21(20-16)14-6-4-3-5-7-14/h3-10H,19H2,1-2H3. The fourth-order valence-electron chi connectivity index (χ4n) is 2.29. The molecule has 0 bridgehead atoms. The molecular formula is C17H16FN3. The number of rotatable bonds is 2. The van der Waals surface area contributed by atoms with Crippen LogP contribution in [-0.4, -0.2) is 9.78 Å². The SMILES string of the molecule is Cc1ccc(-c2nn(-c3ccccc3)c(N)c2C)cc1F. The third-order valence-corrected chi connectivity index (χ3v) is 3.61. The van der Waals surface area contributed by atoms with Gasteiger partial charge in [-0.05, 0) is 37.6 Å². The van der Waals surface area contributed by atoms with Crippen molar-refractivity contribution in [3.63, 3.8) is 0 Å². The molecule has 2 aromatic carbocycles. The molecule has 0 aliphatic carbocycles. The molecule has 3 aromatic rings. The zero-order valence-electron chi connectivity index (χ0n) is 12.0. The van der Waals surface area contributed by atoms with Gasteiger partial charge < -0.3 is 5.73 Å². The first-order valence-electron chi connectivity index (χ1n) is 6.75. The number of benzene rings is 2. The number of halogens is 1. The second kappa shape index (κ2) is 5.05. The fraction of sp³-hybridized carbons (Fsp3) is 0.118. The van der Waals surface area contributed by atoms with E-state index in [4.69, 9.17) is 5.73 Å². The van der Waals surface area contributed by atoms with E-state index in [1.807, 2.05) is 43.3 Å². The first-order chi connectivity index (χ1) is 10.1. The van der Waals surface area contributed by atoms with Crippen LogP contribution in [0.2, 0.25) is 0 Å². The van der Waals surface area contributed by atoms with Crippen molar-refractivity contribution in [3.8, 4) is 16.9 Å². The average molecular weight is 281 g/mol. The molecule has 3 rings (SSSR count). The van der Waals surface area contributed by atoms with Gasteiger partial charge in [-0.2, -0.15) is 5.10 Å². The lowest BCUT2D eigenvalue weighted by Crippen LogP contribution is -2.01. The zero-order valence-corrected chi connectivity index (χ0v) is 12.0. The fourth-order valence-corrected chi connectivity index (χ4v) is 2.29. The van der Waals surface area contributed by atoms with Crippen LogP contribution in [0.5, 0.6) is 0 Å². The molecule has 0 atom stereocenters. The van der Waals surface area contributed by atoms with Crippen LogP contribution in [0.1, 0.15) is 11.1 Å². The van der Waals surface area contributed by atoms with Crippen molar-refractivity contribution in [1.82, 2.24) is 9.78 Å². The highest BCUT2D eigenvalue weighted by Gasteiger charge is 2.15. The molecule has 21 heavy (non-hydrogen) atoms. The van der Waals surface area contributed by atoms with Crippen molar-refractivity contribution < 1.29 is 4.39 Å². The van der Waals surface area contributed by atoms with Crippen molar-refractivity contribution in [2.45, 2.75) is 13.8 Å². The van der Waals surface area contributed by atoms with Gasteiger partial charge in [0.15, 0.2) is 0 Å². The van der Waals surface area contributed by atoms with Gasteiger partial charge in [-0.1, -0.05) is 30.3 Å². The molecule has 1 aromatic heterocycles. The molecule has 0 aliphatic heterocycles. The summed E-state index contributed by atoms with van der Waals surface area (Å²) < 4.78 is 15.4. The van der Waals surface area contributed by atoms with Crippen molar-refractivity contribution >= 4 is 5.82 Å². The number of para-hydroxylation sites is 1. The minimum absolute atomic E-state index is 0.236. The van der Waals surface area contributed by atoms with Crippen LogP contribution < -0.4 is 5.73 Å². The summed E-state index contributed by atoms with van der Waals surface area (Å²) in [6.07, 6.45) is 0. The summed E-state index contributed by atoms with van der Waals surface area (Å²) in [4.78, 5) is 0. The second-order valence-corrected chi connectivity index (χ2v) is 5.07. The minimum Gasteiger partial charge on any atom is -0.383 e. The number of aryl methyl sites for hydroxylation is 1. The minimum atomic E-state index is -0.236. The molecule has 0 saturated carbocycles. The van der Waals surface area contributed by atoms with Crippen LogP contribution in [0, 0.1) is 19.7 Å². The van der Waals surface area contributed by atoms with Gasteiger partial charge in [0, 0.05) is 11.1 Å². The van der Waals surface area contributed by atoms with Gasteiger partial charge in [-0.15, -0.1) is 0 Å². The third-order valence-electron chi connectivity index (χ3n) is 3.61. The van der Waals surface area contributed by atoms with E-state index in [9.17, 15) is 4.39 Å². The lowest BCUT2D eigenvalue weighted by atomic mass is 10.1. The molecule has 4 heteroatoms. The van der Waals surface area contributed by atoms with E-state index in [2.05, 4.69) is 5.10 Å². The Bertz CT molecular complexity index is 791.